The molecule has 4 rings (SSSR count). The normalized spacial score (nSPS) is 33.8. The number of amidine groups is 1. The summed E-state index contributed by atoms with van der Waals surface area (Å²) in [5, 5.41) is 1.59. The highest BCUT2D eigenvalue weighted by atomic mass is 32.2. The molecule has 3 atom stereocenters. The molecule has 2 fully saturated rings. The van der Waals surface area contributed by atoms with Gasteiger partial charge in [0.2, 0.25) is 0 Å². The van der Waals surface area contributed by atoms with E-state index in [0.717, 1.165) is 23.8 Å². The van der Waals surface area contributed by atoms with Gasteiger partial charge in [0.05, 0.1) is 11.4 Å². The zero-order chi connectivity index (χ0) is 19.6. The molecular formula is C16H20F4N4O2S. The maximum absolute atomic E-state index is 14.2. The quantitative estimate of drug-likeness (QED) is 0.682. The molecule has 0 amide bonds. The fourth-order valence-electron chi connectivity index (χ4n) is 3.85. The van der Waals surface area contributed by atoms with Crippen molar-refractivity contribution in [2.45, 2.75) is 55.6 Å². The van der Waals surface area contributed by atoms with Crippen molar-refractivity contribution in [2.24, 2.45) is 16.0 Å². The molecule has 1 unspecified atom stereocenters. The van der Waals surface area contributed by atoms with E-state index in [9.17, 15) is 26.0 Å². The van der Waals surface area contributed by atoms with Gasteiger partial charge in [-0.05, 0) is 31.8 Å². The molecule has 1 saturated carbocycles. The fraction of sp³-hybridized carbons (Fsp3) is 0.688. The SMILES string of the molecule is N[C@@H]1CCN(C2=C3NC(C4CC4)=NS(=O)(=O)C3CC(F)=C2)[C@H](C(F)(F)F)C1. The molecule has 0 aromatic heterocycles. The summed E-state index contributed by atoms with van der Waals surface area (Å²) in [5.41, 5.74) is 5.76. The fourth-order valence-corrected chi connectivity index (χ4v) is 5.30. The van der Waals surface area contributed by atoms with Gasteiger partial charge in [-0.1, -0.05) is 0 Å². The van der Waals surface area contributed by atoms with E-state index in [-0.39, 0.29) is 36.1 Å². The molecule has 27 heavy (non-hydrogen) atoms. The number of hydrogen-bond acceptors (Lipinski definition) is 5. The number of allylic oxidation sites excluding steroid dienone is 2. The largest absolute Gasteiger partial charge is 0.408 e. The molecule has 0 bridgehead atoms. The van der Waals surface area contributed by atoms with Crippen LogP contribution in [0.15, 0.2) is 27.7 Å². The van der Waals surface area contributed by atoms with E-state index in [2.05, 4.69) is 9.71 Å². The average Bonchev–Trinajstić information content (AvgIpc) is 3.38. The third-order valence-corrected chi connectivity index (χ3v) is 6.99. The monoisotopic (exact) mass is 408 g/mol. The van der Waals surface area contributed by atoms with Gasteiger partial charge in [-0.2, -0.15) is 13.2 Å². The van der Waals surface area contributed by atoms with Gasteiger partial charge in [-0.25, -0.2) is 12.8 Å². The molecule has 0 radical (unpaired) electrons. The maximum atomic E-state index is 14.2. The number of fused-ring (bicyclic) bond motifs is 1. The van der Waals surface area contributed by atoms with Gasteiger partial charge in [0.15, 0.2) is 0 Å². The first kappa shape index (κ1) is 18.7. The molecule has 0 spiro atoms. The second-order valence-electron chi connectivity index (χ2n) is 7.51. The number of rotatable bonds is 2. The van der Waals surface area contributed by atoms with Crippen LogP contribution in [0.3, 0.4) is 0 Å². The van der Waals surface area contributed by atoms with Gasteiger partial charge in [0, 0.05) is 24.9 Å². The molecule has 2 aliphatic heterocycles. The smallest absolute Gasteiger partial charge is 0.358 e. The van der Waals surface area contributed by atoms with Gasteiger partial charge in [0.1, 0.15) is 23.0 Å². The van der Waals surface area contributed by atoms with Gasteiger partial charge in [0.25, 0.3) is 10.0 Å². The van der Waals surface area contributed by atoms with E-state index in [0.29, 0.717) is 6.42 Å². The third-order valence-electron chi connectivity index (χ3n) is 5.41. The minimum absolute atomic E-state index is 0.0295. The number of nitrogens with one attached hydrogen (secondary N) is 1. The highest BCUT2D eigenvalue weighted by Gasteiger charge is 2.49. The molecule has 1 saturated heterocycles. The Morgan fingerprint density at radius 2 is 1.96 bits per heavy atom. The summed E-state index contributed by atoms with van der Waals surface area (Å²) in [6, 6.07) is -2.50. The standard InChI is InChI=1S/C16H20F4N4O2S/c17-9-5-11(24-4-3-10(21)7-13(24)16(18,19)20)14-12(6-9)27(25,26)23-15(22-14)8-1-2-8/h5,8,10,12-13H,1-4,6-7,21H2,(H,22,23)/t10-,12?,13+/m1/s1. The van der Waals surface area contributed by atoms with Crippen LogP contribution < -0.4 is 11.1 Å². The molecule has 3 N–H and O–H groups in total. The lowest BCUT2D eigenvalue weighted by molar-refractivity contribution is -0.186. The topological polar surface area (TPSA) is 87.8 Å². The first-order valence-corrected chi connectivity index (χ1v) is 10.4. The van der Waals surface area contributed by atoms with Crippen LogP contribution in [0, 0.1) is 5.92 Å². The predicted molar refractivity (Wildman–Crippen MR) is 90.6 cm³/mol. The van der Waals surface area contributed by atoms with Crippen LogP contribution in [0.1, 0.15) is 32.1 Å². The number of piperidine rings is 1. The van der Waals surface area contributed by atoms with Gasteiger partial charge in [-0.15, -0.1) is 4.40 Å². The minimum atomic E-state index is -4.57. The first-order chi connectivity index (χ1) is 12.6. The summed E-state index contributed by atoms with van der Waals surface area (Å²) in [7, 11) is -4.05. The van der Waals surface area contributed by atoms with Crippen LogP contribution in [0.5, 0.6) is 0 Å². The van der Waals surface area contributed by atoms with Crippen LogP contribution in [-0.2, 0) is 10.0 Å². The van der Waals surface area contributed by atoms with Gasteiger partial charge in [-0.3, -0.25) is 0 Å². The van der Waals surface area contributed by atoms with Crippen molar-refractivity contribution >= 4 is 15.9 Å². The molecular weight excluding hydrogens is 388 g/mol. The van der Waals surface area contributed by atoms with Gasteiger partial charge < -0.3 is 16.0 Å². The second-order valence-corrected chi connectivity index (χ2v) is 9.29. The van der Waals surface area contributed by atoms with E-state index >= 15 is 0 Å². The zero-order valence-electron chi connectivity index (χ0n) is 14.3. The van der Waals surface area contributed by atoms with E-state index in [1.807, 2.05) is 0 Å². The van der Waals surface area contributed by atoms with Crippen molar-refractivity contribution in [3.8, 4) is 0 Å². The van der Waals surface area contributed by atoms with Crippen molar-refractivity contribution < 1.29 is 26.0 Å². The maximum Gasteiger partial charge on any atom is 0.408 e. The van der Waals surface area contributed by atoms with E-state index in [1.54, 1.807) is 0 Å². The van der Waals surface area contributed by atoms with Crippen LogP contribution in [0.2, 0.25) is 0 Å². The molecule has 0 aromatic carbocycles. The summed E-state index contributed by atoms with van der Waals surface area (Å²) < 4.78 is 83.9. The molecule has 150 valence electrons. The third kappa shape index (κ3) is 3.46. The van der Waals surface area contributed by atoms with Crippen molar-refractivity contribution in [1.29, 1.82) is 0 Å². The van der Waals surface area contributed by atoms with Crippen molar-refractivity contribution in [3.05, 3.63) is 23.3 Å². The Bertz CT molecular complexity index is 845. The van der Waals surface area contributed by atoms with Crippen LogP contribution in [0.25, 0.3) is 0 Å². The minimum Gasteiger partial charge on any atom is -0.358 e. The molecule has 11 heteroatoms. The predicted octanol–water partition coefficient (Wildman–Crippen LogP) is 1.92. The van der Waals surface area contributed by atoms with E-state index in [4.69, 9.17) is 5.73 Å². The van der Waals surface area contributed by atoms with E-state index in [1.165, 1.54) is 0 Å². The highest BCUT2D eigenvalue weighted by Crippen LogP contribution is 2.41. The lowest BCUT2D eigenvalue weighted by atomic mass is 9.94. The number of nitrogens with zero attached hydrogens (tertiary/aromatic N) is 2. The Balaban J connectivity index is 1.80. The van der Waals surface area contributed by atoms with Crippen molar-refractivity contribution in [3.63, 3.8) is 0 Å². The summed E-state index contributed by atoms with van der Waals surface area (Å²) >= 11 is 0. The summed E-state index contributed by atoms with van der Waals surface area (Å²) in [6.07, 6.45) is -2.47. The number of halogens is 4. The average molecular weight is 408 g/mol. The number of likely N-dealkylation sites (tertiary alicyclic amines) is 1. The number of sulfonamides is 1. The Morgan fingerprint density at radius 3 is 2.59 bits per heavy atom. The number of hydrogen-bond donors (Lipinski definition) is 2. The first-order valence-electron chi connectivity index (χ1n) is 8.86. The van der Waals surface area contributed by atoms with Gasteiger partial charge >= 0.3 is 6.18 Å². The Kier molecular flexibility index (Phi) is 4.30. The van der Waals surface area contributed by atoms with Crippen LogP contribution in [0.4, 0.5) is 17.6 Å². The lowest BCUT2D eigenvalue weighted by Gasteiger charge is -2.43. The molecule has 2 heterocycles. The molecule has 6 nitrogen and oxygen atoms in total. The molecule has 4 aliphatic rings. The Labute approximate surface area is 154 Å². The van der Waals surface area contributed by atoms with Crippen LogP contribution in [-0.4, -0.2) is 49.2 Å². The highest BCUT2D eigenvalue weighted by molar-refractivity contribution is 7.91. The van der Waals surface area contributed by atoms with E-state index < -0.39 is 45.8 Å². The van der Waals surface area contributed by atoms with Crippen molar-refractivity contribution in [1.82, 2.24) is 10.2 Å². The lowest BCUT2D eigenvalue weighted by Crippen LogP contribution is -2.55. The molecule has 2 aliphatic carbocycles. The summed E-state index contributed by atoms with van der Waals surface area (Å²) in [6.45, 7) is -0.0295. The Morgan fingerprint density at radius 1 is 1.26 bits per heavy atom. The summed E-state index contributed by atoms with van der Waals surface area (Å²) in [5.74, 6) is -0.574. The number of nitrogens with two attached hydrogens (primary N) is 1. The van der Waals surface area contributed by atoms with Crippen molar-refractivity contribution in [2.75, 3.05) is 6.54 Å². The number of alkyl halides is 3. The summed E-state index contributed by atoms with van der Waals surface area (Å²) in [4.78, 5) is 1.04. The second kappa shape index (κ2) is 6.20. The Hall–Kier alpha value is -1.62. The van der Waals surface area contributed by atoms with Crippen LogP contribution >= 0.6 is 0 Å². The zero-order valence-corrected chi connectivity index (χ0v) is 15.2. The molecule has 0 aromatic rings.